The van der Waals surface area contributed by atoms with Gasteiger partial charge in [0, 0.05) is 28.5 Å². The van der Waals surface area contributed by atoms with Crippen LogP contribution < -0.4 is 11.1 Å². The molecular weight excluding hydrogens is 276 g/mol. The van der Waals surface area contributed by atoms with Gasteiger partial charge in [0.2, 0.25) is 0 Å². The Hall–Kier alpha value is -0.850. The molecule has 0 bridgehead atoms. The third-order valence-electron chi connectivity index (χ3n) is 3.54. The summed E-state index contributed by atoms with van der Waals surface area (Å²) < 4.78 is 0.259. The number of aldehydes is 1. The van der Waals surface area contributed by atoms with Crippen LogP contribution in [0.4, 0.5) is 0 Å². The largest absolute Gasteiger partial charge is 0.481 e. The molecule has 0 spiro atoms. The molecule has 0 radical (unpaired) electrons. The van der Waals surface area contributed by atoms with Gasteiger partial charge in [-0.3, -0.25) is 4.79 Å². The first-order valence-corrected chi connectivity index (χ1v) is 7.67. The van der Waals surface area contributed by atoms with E-state index in [9.17, 15) is 9.59 Å². The summed E-state index contributed by atoms with van der Waals surface area (Å²) in [5, 5.41) is 11.6. The summed E-state index contributed by atoms with van der Waals surface area (Å²) in [6.07, 6.45) is 4.47. The van der Waals surface area contributed by atoms with Crippen LogP contribution in [0.1, 0.15) is 27.2 Å². The van der Waals surface area contributed by atoms with Crippen molar-refractivity contribution in [2.75, 3.05) is 12.3 Å². The Bertz CT molecular complexity index is 394. The maximum atomic E-state index is 10.8. The van der Waals surface area contributed by atoms with Crippen LogP contribution >= 0.6 is 11.8 Å². The maximum Gasteiger partial charge on any atom is 0.305 e. The molecule has 1 heterocycles. The van der Waals surface area contributed by atoms with Gasteiger partial charge in [0.1, 0.15) is 6.29 Å². The standard InChI is InChI=1S/C14H24N2O3S/c1-13(2)10(8-20-13)4-5-14(3,15)9-16-11(7-17)6-12(18)19/h4-5,7,10-11,16H,6,8-9,15H2,1-3H3,(H,18,19)/b5-4+/t10?,11-,14?/m0/s1. The van der Waals surface area contributed by atoms with Gasteiger partial charge in [-0.2, -0.15) is 11.8 Å². The summed E-state index contributed by atoms with van der Waals surface area (Å²) in [7, 11) is 0. The van der Waals surface area contributed by atoms with Gasteiger partial charge in [-0.05, 0) is 6.92 Å². The number of carbonyl (C=O) groups excluding carboxylic acids is 1. The van der Waals surface area contributed by atoms with Crippen LogP contribution in [0.2, 0.25) is 0 Å². The molecule has 1 aliphatic heterocycles. The molecule has 5 nitrogen and oxygen atoms in total. The number of rotatable bonds is 8. The highest BCUT2D eigenvalue weighted by Crippen LogP contribution is 2.45. The molecule has 0 aromatic heterocycles. The van der Waals surface area contributed by atoms with Crippen molar-refractivity contribution in [1.29, 1.82) is 0 Å². The lowest BCUT2D eigenvalue weighted by molar-refractivity contribution is -0.138. The summed E-state index contributed by atoms with van der Waals surface area (Å²) in [6.45, 7) is 6.63. The summed E-state index contributed by atoms with van der Waals surface area (Å²) in [5.74, 6) is 0.608. The molecule has 0 amide bonds. The van der Waals surface area contributed by atoms with E-state index in [0.29, 0.717) is 18.7 Å². The monoisotopic (exact) mass is 300 g/mol. The molecule has 1 rings (SSSR count). The average Bonchev–Trinajstić information content (AvgIpc) is 2.32. The van der Waals surface area contributed by atoms with Gasteiger partial charge in [0.05, 0.1) is 12.5 Å². The van der Waals surface area contributed by atoms with Crippen molar-refractivity contribution in [2.24, 2.45) is 11.7 Å². The van der Waals surface area contributed by atoms with E-state index in [-0.39, 0.29) is 11.2 Å². The quantitative estimate of drug-likeness (QED) is 0.458. The zero-order chi connectivity index (χ0) is 15.4. The van der Waals surface area contributed by atoms with Crippen molar-refractivity contribution < 1.29 is 14.7 Å². The maximum absolute atomic E-state index is 10.8. The van der Waals surface area contributed by atoms with E-state index in [0.717, 1.165) is 5.75 Å². The van der Waals surface area contributed by atoms with Gasteiger partial charge in [-0.25, -0.2) is 0 Å². The van der Waals surface area contributed by atoms with Gasteiger partial charge in [0.25, 0.3) is 0 Å². The van der Waals surface area contributed by atoms with Gasteiger partial charge in [-0.15, -0.1) is 0 Å². The summed E-state index contributed by atoms with van der Waals surface area (Å²) in [4.78, 5) is 21.4. The molecule has 0 aromatic carbocycles. The molecule has 1 saturated heterocycles. The molecular formula is C14H24N2O3S. The van der Waals surface area contributed by atoms with Crippen LogP contribution in [0.15, 0.2) is 12.2 Å². The molecule has 0 saturated carbocycles. The van der Waals surface area contributed by atoms with Crippen molar-refractivity contribution in [3.63, 3.8) is 0 Å². The smallest absolute Gasteiger partial charge is 0.305 e. The van der Waals surface area contributed by atoms with Crippen LogP contribution in [0, 0.1) is 5.92 Å². The SMILES string of the molecule is CC(N)(/C=C/C1CSC1(C)C)CN[C@H](C=O)CC(=O)O. The second-order valence-electron chi connectivity index (χ2n) is 6.11. The minimum absolute atomic E-state index is 0.227. The fourth-order valence-corrected chi connectivity index (χ4v) is 3.12. The van der Waals surface area contributed by atoms with E-state index >= 15 is 0 Å². The number of carbonyl (C=O) groups is 2. The highest BCUT2D eigenvalue weighted by molar-refractivity contribution is 8.02. The molecule has 6 heteroatoms. The number of allylic oxidation sites excluding steroid dienone is 1. The minimum Gasteiger partial charge on any atom is -0.481 e. The van der Waals surface area contributed by atoms with E-state index in [2.05, 4.69) is 25.2 Å². The molecule has 0 aliphatic carbocycles. The molecule has 114 valence electrons. The molecule has 20 heavy (non-hydrogen) atoms. The third-order valence-corrected chi connectivity index (χ3v) is 5.11. The molecule has 0 aromatic rings. The Balaban J connectivity index is 2.46. The van der Waals surface area contributed by atoms with Gasteiger partial charge in [-0.1, -0.05) is 26.0 Å². The fraction of sp³-hybridized carbons (Fsp3) is 0.714. The Kier molecular flexibility index (Phi) is 5.79. The first-order chi connectivity index (χ1) is 9.16. The Morgan fingerprint density at radius 1 is 1.65 bits per heavy atom. The van der Waals surface area contributed by atoms with Crippen LogP contribution in [-0.4, -0.2) is 46.0 Å². The van der Waals surface area contributed by atoms with Crippen molar-refractivity contribution >= 4 is 24.0 Å². The summed E-state index contributed by atoms with van der Waals surface area (Å²) >= 11 is 1.93. The van der Waals surface area contributed by atoms with Crippen LogP contribution in [-0.2, 0) is 9.59 Å². The Morgan fingerprint density at radius 3 is 2.70 bits per heavy atom. The lowest BCUT2D eigenvalue weighted by Crippen LogP contribution is -2.49. The number of nitrogens with one attached hydrogen (secondary N) is 1. The van der Waals surface area contributed by atoms with Crippen molar-refractivity contribution in [3.05, 3.63) is 12.2 Å². The second-order valence-corrected chi connectivity index (χ2v) is 7.78. The van der Waals surface area contributed by atoms with E-state index < -0.39 is 17.6 Å². The molecule has 4 N–H and O–H groups in total. The molecule has 1 fully saturated rings. The molecule has 2 unspecified atom stereocenters. The summed E-state index contributed by atoms with van der Waals surface area (Å²) in [5.41, 5.74) is 5.55. The predicted octanol–water partition coefficient (Wildman–Crippen LogP) is 1.03. The van der Waals surface area contributed by atoms with Crippen LogP contribution in [0.5, 0.6) is 0 Å². The number of carboxylic acids is 1. The van der Waals surface area contributed by atoms with Gasteiger partial charge in [0.15, 0.2) is 0 Å². The van der Waals surface area contributed by atoms with Crippen LogP contribution in [0.3, 0.4) is 0 Å². The Labute approximate surface area is 124 Å². The average molecular weight is 300 g/mol. The first kappa shape index (κ1) is 17.2. The Morgan fingerprint density at radius 2 is 2.30 bits per heavy atom. The number of hydrogen-bond donors (Lipinski definition) is 3. The third kappa shape index (κ3) is 5.26. The number of aliphatic carboxylic acids is 1. The highest BCUT2D eigenvalue weighted by atomic mass is 32.2. The number of thioether (sulfide) groups is 1. The normalized spacial score (nSPS) is 25.7. The van der Waals surface area contributed by atoms with Gasteiger partial charge >= 0.3 is 5.97 Å². The van der Waals surface area contributed by atoms with Crippen LogP contribution in [0.25, 0.3) is 0 Å². The van der Waals surface area contributed by atoms with Crippen molar-refractivity contribution in [2.45, 2.75) is 43.5 Å². The lowest BCUT2D eigenvalue weighted by atomic mass is 9.91. The van der Waals surface area contributed by atoms with E-state index in [4.69, 9.17) is 10.8 Å². The zero-order valence-corrected chi connectivity index (χ0v) is 13.1. The molecule has 3 atom stereocenters. The second kappa shape index (κ2) is 6.74. The number of carboxylic acid groups (broad SMARTS) is 1. The van der Waals surface area contributed by atoms with E-state index in [1.807, 2.05) is 24.8 Å². The van der Waals surface area contributed by atoms with Crippen molar-refractivity contribution in [1.82, 2.24) is 5.32 Å². The van der Waals surface area contributed by atoms with Crippen molar-refractivity contribution in [3.8, 4) is 0 Å². The summed E-state index contributed by atoms with van der Waals surface area (Å²) in [6, 6.07) is -0.695. The highest BCUT2D eigenvalue weighted by Gasteiger charge is 2.37. The number of hydrogen-bond acceptors (Lipinski definition) is 5. The zero-order valence-electron chi connectivity index (χ0n) is 12.3. The van der Waals surface area contributed by atoms with E-state index in [1.54, 1.807) is 0 Å². The predicted molar refractivity (Wildman–Crippen MR) is 81.9 cm³/mol. The van der Waals surface area contributed by atoms with Gasteiger partial charge < -0.3 is 21.0 Å². The van der Waals surface area contributed by atoms with E-state index in [1.165, 1.54) is 0 Å². The first-order valence-electron chi connectivity index (χ1n) is 6.69. The lowest BCUT2D eigenvalue weighted by Gasteiger charge is -2.42. The topological polar surface area (TPSA) is 92.4 Å². The fourth-order valence-electron chi connectivity index (χ4n) is 1.90. The number of nitrogens with two attached hydrogens (primary N) is 1. The minimum atomic E-state index is -1.00. The molecule has 1 aliphatic rings.